The van der Waals surface area contributed by atoms with Crippen molar-refractivity contribution < 1.29 is 9.53 Å². The van der Waals surface area contributed by atoms with Crippen LogP contribution in [0.3, 0.4) is 0 Å². The Hall–Kier alpha value is -1.68. The molecule has 5 nitrogen and oxygen atoms in total. The minimum Gasteiger partial charge on any atom is -0.497 e. The second-order valence-corrected chi connectivity index (χ2v) is 9.01. The molecule has 1 aliphatic heterocycles. The van der Waals surface area contributed by atoms with Crippen molar-refractivity contribution in [1.29, 1.82) is 0 Å². The van der Waals surface area contributed by atoms with Crippen LogP contribution >= 0.6 is 46.3 Å². The number of rotatable bonds is 5. The van der Waals surface area contributed by atoms with Crippen molar-refractivity contribution in [2.24, 2.45) is 0 Å². The van der Waals surface area contributed by atoms with E-state index in [-0.39, 0.29) is 18.3 Å². The average molecular weight is 556 g/mol. The van der Waals surface area contributed by atoms with Crippen LogP contribution in [0.25, 0.3) is 11.3 Å². The number of benzene rings is 2. The van der Waals surface area contributed by atoms with Crippen LogP contribution in [0.2, 0.25) is 0 Å². The molecule has 0 bridgehead atoms. The van der Waals surface area contributed by atoms with Gasteiger partial charge in [-0.15, -0.1) is 23.7 Å². The summed E-state index contributed by atoms with van der Waals surface area (Å²) in [4.78, 5) is 21.9. The van der Waals surface area contributed by atoms with Gasteiger partial charge in [-0.3, -0.25) is 9.69 Å². The summed E-state index contributed by atoms with van der Waals surface area (Å²) < 4.78 is 6.22. The molecule has 0 N–H and O–H groups in total. The van der Waals surface area contributed by atoms with Crippen molar-refractivity contribution in [3.8, 4) is 17.0 Å². The van der Waals surface area contributed by atoms with E-state index in [0.29, 0.717) is 0 Å². The summed E-state index contributed by atoms with van der Waals surface area (Å²) in [6.07, 6.45) is 0. The highest BCUT2D eigenvalue weighted by Crippen LogP contribution is 2.25. The quantitative estimate of drug-likeness (QED) is 0.424. The molecule has 1 aromatic heterocycles. The van der Waals surface area contributed by atoms with Gasteiger partial charge in [-0.25, -0.2) is 4.98 Å². The van der Waals surface area contributed by atoms with Gasteiger partial charge in [0.1, 0.15) is 10.8 Å². The van der Waals surface area contributed by atoms with Crippen LogP contribution in [0.1, 0.15) is 15.4 Å². The molecule has 0 radical (unpaired) electrons. The van der Waals surface area contributed by atoms with E-state index >= 15 is 0 Å². The first-order chi connectivity index (χ1) is 14.1. The van der Waals surface area contributed by atoms with Gasteiger partial charge in [0.2, 0.25) is 0 Å². The van der Waals surface area contributed by atoms with Crippen LogP contribution in [-0.4, -0.2) is 54.0 Å². The molecule has 0 aliphatic carbocycles. The summed E-state index contributed by atoms with van der Waals surface area (Å²) >= 11 is 3.92. The molecule has 3 aromatic rings. The van der Waals surface area contributed by atoms with Crippen LogP contribution < -0.4 is 4.74 Å². The number of halogens is 2. The Kier molecular flexibility index (Phi) is 8.10. The normalized spacial score (nSPS) is 14.3. The second kappa shape index (κ2) is 10.6. The number of carbonyl (C=O) groups is 1. The van der Waals surface area contributed by atoms with Crippen molar-refractivity contribution in [2.75, 3.05) is 33.3 Å². The molecule has 0 saturated carbocycles. The number of carbonyl (C=O) groups excluding carboxylic acids is 1. The largest absolute Gasteiger partial charge is 0.497 e. The van der Waals surface area contributed by atoms with Crippen LogP contribution in [0.4, 0.5) is 0 Å². The van der Waals surface area contributed by atoms with Gasteiger partial charge in [0.05, 0.1) is 24.9 Å². The zero-order valence-corrected chi connectivity index (χ0v) is 20.4. The van der Waals surface area contributed by atoms with Crippen LogP contribution in [0, 0.1) is 3.57 Å². The maximum absolute atomic E-state index is 12.8. The molecule has 1 amide bonds. The van der Waals surface area contributed by atoms with Gasteiger partial charge in [-0.2, -0.15) is 0 Å². The van der Waals surface area contributed by atoms with E-state index in [1.807, 2.05) is 53.4 Å². The Morgan fingerprint density at radius 1 is 1.10 bits per heavy atom. The molecule has 30 heavy (non-hydrogen) atoms. The first-order valence-corrected chi connectivity index (χ1v) is 11.4. The monoisotopic (exact) mass is 555 g/mol. The smallest absolute Gasteiger partial charge is 0.255 e. The van der Waals surface area contributed by atoms with E-state index < -0.39 is 0 Å². The van der Waals surface area contributed by atoms with E-state index in [1.54, 1.807) is 18.4 Å². The summed E-state index contributed by atoms with van der Waals surface area (Å²) in [5.74, 6) is 0.979. The molecule has 4 rings (SSSR count). The van der Waals surface area contributed by atoms with Gasteiger partial charge in [0.25, 0.3) is 5.91 Å². The predicted octanol–water partition coefficient (Wildman–Crippen LogP) is 4.80. The topological polar surface area (TPSA) is 45.7 Å². The summed E-state index contributed by atoms with van der Waals surface area (Å²) in [5, 5.41) is 3.21. The lowest BCUT2D eigenvalue weighted by molar-refractivity contribution is 0.0627. The zero-order chi connectivity index (χ0) is 20.2. The zero-order valence-electron chi connectivity index (χ0n) is 16.6. The fourth-order valence-corrected chi connectivity index (χ4v) is 4.85. The van der Waals surface area contributed by atoms with E-state index in [4.69, 9.17) is 9.72 Å². The molecule has 2 aromatic carbocycles. The molecule has 1 fully saturated rings. The van der Waals surface area contributed by atoms with Crippen molar-refractivity contribution >= 4 is 52.2 Å². The molecule has 0 spiro atoms. The molecule has 158 valence electrons. The molecule has 2 heterocycles. The van der Waals surface area contributed by atoms with Gasteiger partial charge in [-0.1, -0.05) is 12.1 Å². The maximum Gasteiger partial charge on any atom is 0.255 e. The Morgan fingerprint density at radius 3 is 2.47 bits per heavy atom. The Bertz CT molecular complexity index is 988. The standard InChI is InChI=1S/C22H22IN3O2S.ClH/c1-28-17-8-6-16(7-9-17)20-15-29-21(24-20)14-25-10-12-26(13-11-25)22(27)18-4-2-3-5-19(18)23;/h2-9,15H,10-14H2,1H3;1H. The van der Waals surface area contributed by atoms with E-state index in [0.717, 1.165) is 63.9 Å². The lowest BCUT2D eigenvalue weighted by atomic mass is 10.2. The molecule has 0 atom stereocenters. The van der Waals surface area contributed by atoms with E-state index in [2.05, 4.69) is 32.9 Å². The fourth-order valence-electron chi connectivity index (χ4n) is 3.38. The number of hydrogen-bond donors (Lipinski definition) is 0. The SMILES string of the molecule is COc1ccc(-c2csc(CN3CCN(C(=O)c4ccccc4I)CC3)n2)cc1.Cl. The number of amides is 1. The van der Waals surface area contributed by atoms with Gasteiger partial charge < -0.3 is 9.64 Å². The number of aromatic nitrogens is 1. The summed E-state index contributed by atoms with van der Waals surface area (Å²) in [6.45, 7) is 4.06. The van der Waals surface area contributed by atoms with E-state index in [1.165, 1.54) is 0 Å². The van der Waals surface area contributed by atoms with Gasteiger partial charge in [0, 0.05) is 40.7 Å². The first kappa shape index (κ1) is 23.0. The third kappa shape index (κ3) is 5.32. The molecule has 8 heteroatoms. The number of piperazine rings is 1. The Balaban J connectivity index is 0.00000256. The Labute approximate surface area is 200 Å². The van der Waals surface area contributed by atoms with Crippen molar-refractivity contribution in [3.05, 3.63) is 68.1 Å². The minimum absolute atomic E-state index is 0. The number of hydrogen-bond acceptors (Lipinski definition) is 5. The molecule has 1 aliphatic rings. The minimum atomic E-state index is 0. The van der Waals surface area contributed by atoms with Gasteiger partial charge in [0.15, 0.2) is 0 Å². The fraction of sp³-hybridized carbons (Fsp3) is 0.273. The maximum atomic E-state index is 12.8. The first-order valence-electron chi connectivity index (χ1n) is 9.49. The lowest BCUT2D eigenvalue weighted by Crippen LogP contribution is -2.48. The highest BCUT2D eigenvalue weighted by Gasteiger charge is 2.23. The van der Waals surface area contributed by atoms with Crippen molar-refractivity contribution in [1.82, 2.24) is 14.8 Å². The number of ether oxygens (including phenoxy) is 1. The van der Waals surface area contributed by atoms with Crippen molar-refractivity contribution in [3.63, 3.8) is 0 Å². The van der Waals surface area contributed by atoms with E-state index in [9.17, 15) is 4.79 Å². The van der Waals surface area contributed by atoms with Crippen LogP contribution in [0.5, 0.6) is 5.75 Å². The second-order valence-electron chi connectivity index (χ2n) is 6.90. The van der Waals surface area contributed by atoms with Gasteiger partial charge >= 0.3 is 0 Å². The van der Waals surface area contributed by atoms with Gasteiger partial charge in [-0.05, 0) is 59.0 Å². The average Bonchev–Trinajstić information content (AvgIpc) is 3.23. The third-order valence-corrected chi connectivity index (χ3v) is 6.83. The van der Waals surface area contributed by atoms with Crippen LogP contribution in [0.15, 0.2) is 53.9 Å². The summed E-state index contributed by atoms with van der Waals surface area (Å²) in [5.41, 5.74) is 2.90. The predicted molar refractivity (Wildman–Crippen MR) is 132 cm³/mol. The van der Waals surface area contributed by atoms with Crippen molar-refractivity contribution in [2.45, 2.75) is 6.54 Å². The summed E-state index contributed by atoms with van der Waals surface area (Å²) in [7, 11) is 1.67. The molecule has 1 saturated heterocycles. The molecular weight excluding hydrogens is 533 g/mol. The summed E-state index contributed by atoms with van der Waals surface area (Å²) in [6, 6.07) is 15.8. The number of thiazole rings is 1. The Morgan fingerprint density at radius 2 is 1.80 bits per heavy atom. The molecular formula is C22H23ClIN3O2S. The lowest BCUT2D eigenvalue weighted by Gasteiger charge is -2.34. The third-order valence-electron chi connectivity index (χ3n) is 5.06. The molecule has 0 unspecified atom stereocenters. The number of nitrogens with zero attached hydrogens (tertiary/aromatic N) is 3. The number of methoxy groups -OCH3 is 1. The van der Waals surface area contributed by atoms with Crippen LogP contribution in [-0.2, 0) is 6.54 Å². The highest BCUT2D eigenvalue weighted by molar-refractivity contribution is 14.1. The highest BCUT2D eigenvalue weighted by atomic mass is 127.